The van der Waals surface area contributed by atoms with Gasteiger partial charge in [-0.15, -0.1) is 0 Å². The number of esters is 1. The number of hydrogen-bond donors (Lipinski definition) is 6. The van der Waals surface area contributed by atoms with Crippen molar-refractivity contribution in [2.24, 2.45) is 22.4 Å². The molecule has 0 spiro atoms. The van der Waals surface area contributed by atoms with Crippen LogP contribution in [0.1, 0.15) is 32.3 Å². The third-order valence-electron chi connectivity index (χ3n) is 5.07. The van der Waals surface area contributed by atoms with Crippen molar-refractivity contribution in [3.63, 3.8) is 0 Å². The zero-order chi connectivity index (χ0) is 28.5. The highest BCUT2D eigenvalue weighted by Crippen LogP contribution is 2.06. The maximum absolute atomic E-state index is 12.9. The Morgan fingerprint density at radius 3 is 2.21 bits per heavy atom. The quantitative estimate of drug-likeness (QED) is 0.0693. The van der Waals surface area contributed by atoms with E-state index < -0.39 is 55.0 Å². The summed E-state index contributed by atoms with van der Waals surface area (Å²) in [6.45, 7) is 2.84. The van der Waals surface area contributed by atoms with Gasteiger partial charge in [0.1, 0.15) is 25.2 Å². The molecule has 4 amide bonds. The van der Waals surface area contributed by atoms with E-state index in [0.29, 0.717) is 6.42 Å². The van der Waals surface area contributed by atoms with E-state index in [4.69, 9.17) is 20.9 Å². The average molecular weight is 536 g/mol. The third kappa shape index (κ3) is 13.1. The van der Waals surface area contributed by atoms with E-state index in [0.717, 1.165) is 5.56 Å². The topological polar surface area (TPSA) is 216 Å². The minimum Gasteiger partial charge on any atom is -0.467 e. The van der Waals surface area contributed by atoms with E-state index >= 15 is 0 Å². The molecule has 38 heavy (non-hydrogen) atoms. The Morgan fingerprint density at radius 1 is 0.947 bits per heavy atom. The lowest BCUT2D eigenvalue weighted by Gasteiger charge is -2.24. The summed E-state index contributed by atoms with van der Waals surface area (Å²) in [5.74, 6) is -2.92. The Bertz CT molecular complexity index is 966. The van der Waals surface area contributed by atoms with E-state index in [2.05, 4.69) is 26.3 Å². The summed E-state index contributed by atoms with van der Waals surface area (Å²) in [5.41, 5.74) is 11.4. The van der Waals surface area contributed by atoms with Gasteiger partial charge in [-0.05, 0) is 24.3 Å². The van der Waals surface area contributed by atoms with Gasteiger partial charge < -0.3 is 42.2 Å². The Morgan fingerprint density at radius 2 is 1.61 bits per heavy atom. The number of hydrogen-bond acceptors (Lipinski definition) is 8. The van der Waals surface area contributed by atoms with Gasteiger partial charge in [-0.3, -0.25) is 19.4 Å². The van der Waals surface area contributed by atoms with Crippen molar-refractivity contribution in [2.75, 3.05) is 26.7 Å². The van der Waals surface area contributed by atoms with Crippen LogP contribution in [0.3, 0.4) is 0 Å². The van der Waals surface area contributed by atoms with Gasteiger partial charge in [0.15, 0.2) is 5.96 Å². The molecule has 0 unspecified atom stereocenters. The minimum atomic E-state index is -1.04. The fraction of sp³-hybridized carbons (Fsp3) is 0.500. The average Bonchev–Trinajstić information content (AvgIpc) is 2.89. The molecular formula is C24H37N7O7. The van der Waals surface area contributed by atoms with E-state index in [-0.39, 0.29) is 31.4 Å². The largest absolute Gasteiger partial charge is 0.467 e. The maximum atomic E-state index is 12.9. The highest BCUT2D eigenvalue weighted by molar-refractivity contribution is 5.92. The first-order valence-corrected chi connectivity index (χ1v) is 12.0. The molecule has 0 saturated heterocycles. The van der Waals surface area contributed by atoms with Crippen LogP contribution in [0.15, 0.2) is 35.3 Å². The van der Waals surface area contributed by atoms with Crippen molar-refractivity contribution < 1.29 is 33.4 Å². The van der Waals surface area contributed by atoms with Crippen LogP contribution >= 0.6 is 0 Å². The van der Waals surface area contributed by atoms with Gasteiger partial charge >= 0.3 is 12.1 Å². The van der Waals surface area contributed by atoms with Crippen molar-refractivity contribution in [2.45, 2.75) is 45.4 Å². The zero-order valence-corrected chi connectivity index (χ0v) is 21.8. The number of rotatable bonds is 15. The Kier molecular flexibility index (Phi) is 14.3. The number of ether oxygens (including phenoxy) is 2. The molecule has 0 saturated carbocycles. The highest BCUT2D eigenvalue weighted by atomic mass is 16.5. The van der Waals surface area contributed by atoms with Crippen LogP contribution in [-0.4, -0.2) is 74.6 Å². The summed E-state index contributed by atoms with van der Waals surface area (Å²) >= 11 is 0. The second kappa shape index (κ2) is 17.2. The van der Waals surface area contributed by atoms with Crippen LogP contribution < -0.4 is 32.7 Å². The number of benzene rings is 1. The molecule has 1 rings (SSSR count). The monoisotopic (exact) mass is 535 g/mol. The molecule has 0 aliphatic heterocycles. The highest BCUT2D eigenvalue weighted by Gasteiger charge is 2.29. The third-order valence-corrected chi connectivity index (χ3v) is 5.07. The molecule has 0 aliphatic rings. The Hall–Kier alpha value is -4.36. The molecule has 1 aromatic carbocycles. The molecule has 0 aliphatic carbocycles. The lowest BCUT2D eigenvalue weighted by molar-refractivity contribution is -0.146. The molecule has 210 valence electrons. The van der Waals surface area contributed by atoms with Crippen LogP contribution in [0.4, 0.5) is 4.79 Å². The van der Waals surface area contributed by atoms with Crippen LogP contribution in [0.25, 0.3) is 0 Å². The Labute approximate surface area is 221 Å². The first kappa shape index (κ1) is 31.7. The molecule has 2 atom stereocenters. The van der Waals surface area contributed by atoms with Gasteiger partial charge in [-0.25, -0.2) is 9.59 Å². The van der Waals surface area contributed by atoms with Gasteiger partial charge in [0.05, 0.1) is 13.7 Å². The summed E-state index contributed by atoms with van der Waals surface area (Å²) in [5, 5.41) is 9.73. The maximum Gasteiger partial charge on any atom is 0.407 e. The van der Waals surface area contributed by atoms with Gasteiger partial charge in [-0.2, -0.15) is 0 Å². The van der Waals surface area contributed by atoms with Gasteiger partial charge in [0.2, 0.25) is 17.7 Å². The van der Waals surface area contributed by atoms with Crippen molar-refractivity contribution in [3.05, 3.63) is 35.9 Å². The lowest BCUT2D eigenvalue weighted by atomic mass is 10.0. The second-order valence-corrected chi connectivity index (χ2v) is 8.51. The normalized spacial score (nSPS) is 11.9. The number of alkyl carbamates (subject to hydrolysis) is 1. The number of guanidine groups is 1. The standard InChI is InChI=1S/C24H37N7O7/c1-15(2)20(22(35)37-3)31-21(34)17(10-7-11-27-23(25)26)30-19(33)13-28-18(32)12-29-24(36)38-14-16-8-5-4-6-9-16/h4-6,8-9,15,17,20H,7,10-14H2,1-3H3,(H,28,32)(H,29,36)(H,30,33)(H,31,34)(H4,25,26,27)/t17-,20-/m0/s1. The van der Waals surface area contributed by atoms with Crippen molar-refractivity contribution >= 4 is 35.7 Å². The summed E-state index contributed by atoms with van der Waals surface area (Å²) in [6.07, 6.45) is -0.290. The molecule has 0 fully saturated rings. The number of aliphatic imine (C=N–C) groups is 1. The number of carbonyl (C=O) groups excluding carboxylic acids is 5. The van der Waals surface area contributed by atoms with Crippen LogP contribution in [0.5, 0.6) is 0 Å². The van der Waals surface area contributed by atoms with Crippen LogP contribution in [0, 0.1) is 5.92 Å². The summed E-state index contributed by atoms with van der Waals surface area (Å²) in [4.78, 5) is 64.9. The number of nitrogens with zero attached hydrogens (tertiary/aromatic N) is 1. The molecule has 0 bridgehead atoms. The second-order valence-electron chi connectivity index (χ2n) is 8.51. The predicted molar refractivity (Wildman–Crippen MR) is 138 cm³/mol. The first-order valence-electron chi connectivity index (χ1n) is 12.0. The Balaban J connectivity index is 2.58. The smallest absolute Gasteiger partial charge is 0.407 e. The van der Waals surface area contributed by atoms with E-state index in [1.165, 1.54) is 7.11 Å². The van der Waals surface area contributed by atoms with E-state index in [1.54, 1.807) is 38.1 Å². The van der Waals surface area contributed by atoms with Gasteiger partial charge in [-0.1, -0.05) is 44.2 Å². The van der Waals surface area contributed by atoms with Gasteiger partial charge in [0.25, 0.3) is 0 Å². The minimum absolute atomic E-state index is 0.0387. The van der Waals surface area contributed by atoms with Crippen LogP contribution in [0.2, 0.25) is 0 Å². The number of nitrogens with one attached hydrogen (secondary N) is 4. The predicted octanol–water partition coefficient (Wildman–Crippen LogP) is -1.12. The number of carbonyl (C=O) groups is 5. The molecule has 0 heterocycles. The van der Waals surface area contributed by atoms with Crippen molar-refractivity contribution in [1.29, 1.82) is 0 Å². The van der Waals surface area contributed by atoms with E-state index in [1.807, 2.05) is 6.07 Å². The lowest BCUT2D eigenvalue weighted by Crippen LogP contribution is -2.54. The molecule has 14 heteroatoms. The zero-order valence-electron chi connectivity index (χ0n) is 21.8. The van der Waals surface area contributed by atoms with Crippen molar-refractivity contribution in [3.8, 4) is 0 Å². The fourth-order valence-corrected chi connectivity index (χ4v) is 3.06. The number of nitrogens with two attached hydrogens (primary N) is 2. The summed E-state index contributed by atoms with van der Waals surface area (Å²) in [6, 6.07) is 7.04. The molecule has 14 nitrogen and oxygen atoms in total. The summed E-state index contributed by atoms with van der Waals surface area (Å²) in [7, 11) is 1.21. The summed E-state index contributed by atoms with van der Waals surface area (Å²) < 4.78 is 9.74. The van der Waals surface area contributed by atoms with Crippen LogP contribution in [-0.2, 0) is 35.3 Å². The van der Waals surface area contributed by atoms with Crippen molar-refractivity contribution in [1.82, 2.24) is 21.3 Å². The molecule has 0 radical (unpaired) electrons. The van der Waals surface area contributed by atoms with Gasteiger partial charge in [0, 0.05) is 6.54 Å². The molecule has 1 aromatic rings. The fourth-order valence-electron chi connectivity index (χ4n) is 3.06. The van der Waals surface area contributed by atoms with E-state index in [9.17, 15) is 24.0 Å². The number of amides is 4. The molecule has 0 aromatic heterocycles. The molecular weight excluding hydrogens is 498 g/mol. The SMILES string of the molecule is COC(=O)[C@@H](NC(=O)[C@H](CCCN=C(N)N)NC(=O)CNC(=O)CNC(=O)OCc1ccccc1)C(C)C. The first-order chi connectivity index (χ1) is 18.0. The molecule has 8 N–H and O–H groups in total. The number of methoxy groups -OCH3 is 1.